The maximum absolute atomic E-state index is 9.14. The van der Waals surface area contributed by atoms with E-state index in [9.17, 15) is 0 Å². The normalized spacial score (nSPS) is 15.9. The van der Waals surface area contributed by atoms with Crippen LogP contribution in [0.2, 0.25) is 0 Å². The molecule has 3 heterocycles. The summed E-state index contributed by atoms with van der Waals surface area (Å²) in [5.74, 6) is 0. The Bertz CT molecular complexity index is 681. The fraction of sp³-hybridized carbons (Fsp3) is 0.500. The van der Waals surface area contributed by atoms with Gasteiger partial charge in [-0.05, 0) is 55.9 Å². The molecule has 0 radical (unpaired) electrons. The number of aromatic nitrogens is 1. The molecule has 1 unspecified atom stereocenters. The molecule has 24 heavy (non-hydrogen) atoms. The molecule has 0 aromatic carbocycles. The molecule has 1 aliphatic rings. The molecule has 2 aromatic heterocycles. The first kappa shape index (κ1) is 19.0. The highest BCUT2D eigenvalue weighted by Gasteiger charge is 2.23. The average molecular weight is 365 g/mol. The maximum atomic E-state index is 9.14. The summed E-state index contributed by atoms with van der Waals surface area (Å²) in [6.07, 6.45) is 2.62. The number of rotatable bonds is 6. The van der Waals surface area contributed by atoms with Crippen molar-refractivity contribution in [2.75, 3.05) is 19.6 Å². The molecule has 2 aromatic rings. The molecule has 0 aliphatic carbocycles. The fourth-order valence-electron chi connectivity index (χ4n) is 3.34. The Hall–Kier alpha value is -1.32. The van der Waals surface area contributed by atoms with Gasteiger partial charge in [0.1, 0.15) is 11.8 Å². The summed E-state index contributed by atoms with van der Waals surface area (Å²) in [5.41, 5.74) is 3.12. The third-order valence-corrected chi connectivity index (χ3v) is 5.83. The summed E-state index contributed by atoms with van der Waals surface area (Å²) in [7, 11) is 1.95. The summed E-state index contributed by atoms with van der Waals surface area (Å²) in [5, 5.41) is 14.9. The molecular formula is C18H25ClN4S. The van der Waals surface area contributed by atoms with Gasteiger partial charge in [0, 0.05) is 30.7 Å². The smallest absolute Gasteiger partial charge is 0.120 e. The van der Waals surface area contributed by atoms with Gasteiger partial charge >= 0.3 is 0 Å². The zero-order valence-electron chi connectivity index (χ0n) is 14.3. The third kappa shape index (κ3) is 4.01. The molecule has 3 rings (SSSR count). The molecule has 1 fully saturated rings. The van der Waals surface area contributed by atoms with Crippen LogP contribution in [0.15, 0.2) is 23.6 Å². The minimum Gasteiger partial charge on any atom is -0.340 e. The van der Waals surface area contributed by atoms with Gasteiger partial charge in [-0.1, -0.05) is 6.07 Å². The van der Waals surface area contributed by atoms with E-state index in [1.165, 1.54) is 42.1 Å². The number of nitrogens with one attached hydrogen (secondary N) is 1. The van der Waals surface area contributed by atoms with E-state index in [1.807, 2.05) is 29.0 Å². The van der Waals surface area contributed by atoms with Crippen molar-refractivity contribution in [3.63, 3.8) is 0 Å². The number of halogens is 1. The second-order valence-corrected chi connectivity index (χ2v) is 7.20. The molecular weight excluding hydrogens is 340 g/mol. The second-order valence-electron chi connectivity index (χ2n) is 6.22. The van der Waals surface area contributed by atoms with Crippen LogP contribution in [0.25, 0.3) is 0 Å². The summed E-state index contributed by atoms with van der Waals surface area (Å²) in [6, 6.07) is 9.11. The predicted molar refractivity (Wildman–Crippen MR) is 102 cm³/mol. The van der Waals surface area contributed by atoms with E-state index in [0.29, 0.717) is 6.04 Å². The first-order chi connectivity index (χ1) is 11.2. The van der Waals surface area contributed by atoms with Crippen LogP contribution in [-0.2, 0) is 13.6 Å². The zero-order valence-corrected chi connectivity index (χ0v) is 15.9. The molecule has 0 bridgehead atoms. The summed E-state index contributed by atoms with van der Waals surface area (Å²) < 4.78 is 1.97. The number of thiophene rings is 1. The highest BCUT2D eigenvalue weighted by atomic mass is 35.5. The highest BCUT2D eigenvalue weighted by Crippen LogP contribution is 2.28. The molecule has 1 atom stereocenters. The number of likely N-dealkylation sites (tertiary alicyclic amines) is 1. The minimum atomic E-state index is 0. The van der Waals surface area contributed by atoms with Gasteiger partial charge in [-0.3, -0.25) is 4.90 Å². The Balaban J connectivity index is 0.00000208. The first-order valence-corrected chi connectivity index (χ1v) is 9.12. The molecule has 0 saturated carbocycles. The second kappa shape index (κ2) is 8.68. The van der Waals surface area contributed by atoms with Gasteiger partial charge in [0.25, 0.3) is 0 Å². The van der Waals surface area contributed by atoms with Crippen molar-refractivity contribution in [2.45, 2.75) is 32.4 Å². The maximum Gasteiger partial charge on any atom is 0.120 e. The van der Waals surface area contributed by atoms with Gasteiger partial charge in [0.05, 0.1) is 6.04 Å². The quantitative estimate of drug-likeness (QED) is 0.851. The van der Waals surface area contributed by atoms with E-state index in [4.69, 9.17) is 5.26 Å². The molecule has 130 valence electrons. The van der Waals surface area contributed by atoms with Gasteiger partial charge in [-0.15, -0.1) is 23.7 Å². The number of hydrogen-bond donors (Lipinski definition) is 1. The number of nitrogens with zero attached hydrogens (tertiary/aromatic N) is 3. The van der Waals surface area contributed by atoms with Crippen molar-refractivity contribution >= 4 is 23.7 Å². The van der Waals surface area contributed by atoms with E-state index in [0.717, 1.165) is 18.8 Å². The Kier molecular flexibility index (Phi) is 6.88. The van der Waals surface area contributed by atoms with Crippen molar-refractivity contribution in [3.05, 3.63) is 45.4 Å². The Morgan fingerprint density at radius 1 is 1.38 bits per heavy atom. The monoisotopic (exact) mass is 364 g/mol. The van der Waals surface area contributed by atoms with Crippen LogP contribution in [0.5, 0.6) is 0 Å². The summed E-state index contributed by atoms with van der Waals surface area (Å²) >= 11 is 1.85. The van der Waals surface area contributed by atoms with Gasteiger partial charge in [-0.25, -0.2) is 0 Å². The van der Waals surface area contributed by atoms with Crippen molar-refractivity contribution < 1.29 is 0 Å². The summed E-state index contributed by atoms with van der Waals surface area (Å²) in [6.45, 7) is 6.25. The van der Waals surface area contributed by atoms with Crippen molar-refractivity contribution in [2.24, 2.45) is 7.05 Å². The van der Waals surface area contributed by atoms with Crippen LogP contribution >= 0.6 is 23.7 Å². The molecule has 1 aliphatic heterocycles. The van der Waals surface area contributed by atoms with Crippen LogP contribution in [0.4, 0.5) is 0 Å². The predicted octanol–water partition coefficient (Wildman–Crippen LogP) is 3.62. The van der Waals surface area contributed by atoms with Crippen molar-refractivity contribution in [1.82, 2.24) is 14.8 Å². The van der Waals surface area contributed by atoms with Crippen LogP contribution in [0.1, 0.15) is 40.7 Å². The lowest BCUT2D eigenvalue weighted by Crippen LogP contribution is -2.33. The lowest BCUT2D eigenvalue weighted by Gasteiger charge is -2.27. The highest BCUT2D eigenvalue weighted by molar-refractivity contribution is 7.10. The number of hydrogen-bond acceptors (Lipinski definition) is 4. The van der Waals surface area contributed by atoms with Crippen molar-refractivity contribution in [1.29, 1.82) is 5.26 Å². The van der Waals surface area contributed by atoms with Gasteiger partial charge in [0.15, 0.2) is 0 Å². The van der Waals surface area contributed by atoms with Gasteiger partial charge in [0.2, 0.25) is 0 Å². The Labute approximate surface area is 154 Å². The molecule has 0 amide bonds. The Morgan fingerprint density at radius 2 is 2.12 bits per heavy atom. The summed E-state index contributed by atoms with van der Waals surface area (Å²) in [4.78, 5) is 4.04. The topological polar surface area (TPSA) is 44.0 Å². The lowest BCUT2D eigenvalue weighted by atomic mass is 10.2. The average Bonchev–Trinajstić information content (AvgIpc) is 3.30. The molecule has 1 N–H and O–H groups in total. The zero-order chi connectivity index (χ0) is 16.2. The fourth-order valence-corrected chi connectivity index (χ4v) is 4.20. The largest absolute Gasteiger partial charge is 0.340 e. The standard InChI is InChI=1S/C18H24N4S.ClH/c1-14-15(10-16(11-19)21(14)2)12-20-13-17(18-6-5-9-23-18)22-7-3-4-8-22;/h5-6,9-10,17,20H,3-4,7-8,12-13H2,1-2H3;1H. The van der Waals surface area contributed by atoms with Crippen molar-refractivity contribution in [3.8, 4) is 6.07 Å². The molecule has 4 nitrogen and oxygen atoms in total. The molecule has 6 heteroatoms. The van der Waals surface area contributed by atoms with E-state index >= 15 is 0 Å². The molecule has 1 saturated heterocycles. The lowest BCUT2D eigenvalue weighted by molar-refractivity contribution is 0.241. The SMILES string of the molecule is Cc1c(CNCC(c2cccs2)N2CCCC2)cc(C#N)n1C.Cl. The van der Waals surface area contributed by atoms with Crippen LogP contribution in [0, 0.1) is 18.3 Å². The minimum absolute atomic E-state index is 0. The van der Waals surface area contributed by atoms with Crippen LogP contribution < -0.4 is 5.32 Å². The van der Waals surface area contributed by atoms with Gasteiger partial charge < -0.3 is 9.88 Å². The first-order valence-electron chi connectivity index (χ1n) is 8.24. The van der Waals surface area contributed by atoms with E-state index in [2.05, 4.69) is 40.7 Å². The van der Waals surface area contributed by atoms with E-state index in [1.54, 1.807) is 0 Å². The molecule has 0 spiro atoms. The van der Waals surface area contributed by atoms with E-state index in [-0.39, 0.29) is 12.4 Å². The number of nitriles is 1. The Morgan fingerprint density at radius 3 is 2.71 bits per heavy atom. The van der Waals surface area contributed by atoms with E-state index < -0.39 is 0 Å². The van der Waals surface area contributed by atoms with Crippen LogP contribution in [-0.4, -0.2) is 29.1 Å². The third-order valence-electron chi connectivity index (χ3n) is 4.86. The van der Waals surface area contributed by atoms with Gasteiger partial charge in [-0.2, -0.15) is 5.26 Å². The van der Waals surface area contributed by atoms with Crippen LogP contribution in [0.3, 0.4) is 0 Å².